The molecule has 0 fully saturated rings. The predicted molar refractivity (Wildman–Crippen MR) is 247 cm³/mol. The van der Waals surface area contributed by atoms with Crippen molar-refractivity contribution in [1.82, 2.24) is 0 Å². The molecule has 0 N–H and O–H groups in total. The second kappa shape index (κ2) is 46.3. The van der Waals surface area contributed by atoms with Crippen molar-refractivity contribution in [3.8, 4) is 0 Å². The molecule has 0 aromatic heterocycles. The number of allylic oxidation sites excluding steroid dienone is 13. The van der Waals surface area contributed by atoms with Crippen LogP contribution in [0.1, 0.15) is 207 Å². The van der Waals surface area contributed by atoms with Gasteiger partial charge in [-0.05, 0) is 77.0 Å². The zero-order valence-electron chi connectivity index (χ0n) is 37.5. The molecule has 0 radical (unpaired) electrons. The first-order valence-corrected chi connectivity index (χ1v) is 23.6. The zero-order chi connectivity index (χ0) is 42.3. The van der Waals surface area contributed by atoms with Gasteiger partial charge in [0.1, 0.15) is 13.2 Å². The standard InChI is InChI=1S/C52H86O6/c1-4-7-10-13-16-19-21-23-25-27-28-30-33-36-39-42-45-51(54)57-48-49(47-56-50(53)44-41-38-35-32-18-15-12-9-6-3)58-52(55)46-43-40-37-34-31-29-26-24-22-20-17-14-11-8-5-2/h8,11,17,19-21,24-27,31,34,40,43,49H,4-7,9-10,12-16,18,22-23,28-30,32-33,35-39,41-42,44-48H2,1-3H3/b11-8-,20-17-,21-19-,26-24-,27-25-,34-31-,43-40-. The predicted octanol–water partition coefficient (Wildman–Crippen LogP) is 15.3. The maximum Gasteiger partial charge on any atom is 0.310 e. The summed E-state index contributed by atoms with van der Waals surface area (Å²) in [6.45, 7) is 6.37. The van der Waals surface area contributed by atoms with Crippen molar-refractivity contribution in [2.75, 3.05) is 13.2 Å². The van der Waals surface area contributed by atoms with E-state index in [1.807, 2.05) is 6.08 Å². The molecule has 0 rings (SSSR count). The molecule has 0 aromatic carbocycles. The summed E-state index contributed by atoms with van der Waals surface area (Å²) in [4.78, 5) is 37.7. The summed E-state index contributed by atoms with van der Waals surface area (Å²) in [6.07, 6.45) is 58.8. The highest BCUT2D eigenvalue weighted by Crippen LogP contribution is 2.12. The van der Waals surface area contributed by atoms with E-state index in [2.05, 4.69) is 93.7 Å². The van der Waals surface area contributed by atoms with Crippen LogP contribution in [-0.4, -0.2) is 37.2 Å². The SMILES string of the molecule is CC/C=C\C/C=C\C/C=C\C/C=C\C/C=C\CC(=O)OC(COC(=O)CCCCCCC/C=C\C/C=C\CCCCCC)COC(=O)CCCCCCCCCCC. The summed E-state index contributed by atoms with van der Waals surface area (Å²) < 4.78 is 16.6. The highest BCUT2D eigenvalue weighted by molar-refractivity contribution is 5.72. The van der Waals surface area contributed by atoms with Crippen molar-refractivity contribution in [3.05, 3.63) is 85.1 Å². The average molecular weight is 807 g/mol. The van der Waals surface area contributed by atoms with Gasteiger partial charge in [0.15, 0.2) is 6.10 Å². The van der Waals surface area contributed by atoms with Gasteiger partial charge in [0, 0.05) is 12.8 Å². The van der Waals surface area contributed by atoms with E-state index in [0.717, 1.165) is 96.3 Å². The number of esters is 3. The summed E-state index contributed by atoms with van der Waals surface area (Å²) in [7, 11) is 0. The van der Waals surface area contributed by atoms with Gasteiger partial charge in [0.05, 0.1) is 6.42 Å². The van der Waals surface area contributed by atoms with Crippen molar-refractivity contribution in [2.24, 2.45) is 0 Å². The number of hydrogen-bond acceptors (Lipinski definition) is 6. The lowest BCUT2D eigenvalue weighted by molar-refractivity contribution is -0.166. The van der Waals surface area contributed by atoms with Gasteiger partial charge in [-0.15, -0.1) is 0 Å². The van der Waals surface area contributed by atoms with Crippen LogP contribution >= 0.6 is 0 Å². The number of rotatable bonds is 41. The summed E-state index contributed by atoms with van der Waals surface area (Å²) in [6, 6.07) is 0. The Balaban J connectivity index is 4.51. The van der Waals surface area contributed by atoms with Crippen molar-refractivity contribution in [3.63, 3.8) is 0 Å². The molecular weight excluding hydrogens is 721 g/mol. The molecule has 6 heteroatoms. The van der Waals surface area contributed by atoms with Crippen LogP contribution < -0.4 is 0 Å². The highest BCUT2D eigenvalue weighted by atomic mass is 16.6. The largest absolute Gasteiger partial charge is 0.462 e. The first-order chi connectivity index (χ1) is 28.5. The second-order valence-corrected chi connectivity index (χ2v) is 15.3. The molecule has 0 aliphatic rings. The van der Waals surface area contributed by atoms with E-state index in [1.165, 1.54) is 70.6 Å². The van der Waals surface area contributed by atoms with E-state index in [0.29, 0.717) is 12.8 Å². The lowest BCUT2D eigenvalue weighted by Crippen LogP contribution is -2.30. The number of hydrogen-bond donors (Lipinski definition) is 0. The third kappa shape index (κ3) is 43.7. The molecular formula is C52H86O6. The topological polar surface area (TPSA) is 78.9 Å². The fourth-order valence-electron chi connectivity index (χ4n) is 6.13. The molecule has 0 amide bonds. The lowest BCUT2D eigenvalue weighted by atomic mass is 10.1. The molecule has 0 saturated heterocycles. The van der Waals surface area contributed by atoms with Crippen LogP contribution in [0.25, 0.3) is 0 Å². The van der Waals surface area contributed by atoms with E-state index < -0.39 is 12.1 Å². The summed E-state index contributed by atoms with van der Waals surface area (Å²) >= 11 is 0. The van der Waals surface area contributed by atoms with Gasteiger partial charge in [-0.1, -0.05) is 196 Å². The quantitative estimate of drug-likeness (QED) is 0.0265. The molecule has 0 heterocycles. The summed E-state index contributed by atoms with van der Waals surface area (Å²) in [5.41, 5.74) is 0. The molecule has 330 valence electrons. The smallest absolute Gasteiger partial charge is 0.310 e. The molecule has 0 spiro atoms. The van der Waals surface area contributed by atoms with Crippen molar-refractivity contribution in [1.29, 1.82) is 0 Å². The van der Waals surface area contributed by atoms with Crippen LogP contribution in [0.2, 0.25) is 0 Å². The summed E-state index contributed by atoms with van der Waals surface area (Å²) in [5, 5.41) is 0. The minimum Gasteiger partial charge on any atom is -0.462 e. The summed E-state index contributed by atoms with van der Waals surface area (Å²) in [5.74, 6) is -1.07. The number of ether oxygens (including phenoxy) is 3. The number of unbranched alkanes of at least 4 members (excludes halogenated alkanes) is 17. The van der Waals surface area contributed by atoms with Gasteiger partial charge in [-0.2, -0.15) is 0 Å². The van der Waals surface area contributed by atoms with E-state index in [9.17, 15) is 14.4 Å². The lowest BCUT2D eigenvalue weighted by Gasteiger charge is -2.18. The molecule has 0 bridgehead atoms. The molecule has 0 saturated carbocycles. The molecule has 0 aliphatic heterocycles. The Morgan fingerprint density at radius 3 is 1.16 bits per heavy atom. The fraction of sp³-hybridized carbons (Fsp3) is 0.673. The minimum absolute atomic E-state index is 0.0936. The normalized spacial score (nSPS) is 12.8. The Labute approximate surface area is 356 Å². The van der Waals surface area contributed by atoms with E-state index >= 15 is 0 Å². The van der Waals surface area contributed by atoms with E-state index in [4.69, 9.17) is 14.2 Å². The second-order valence-electron chi connectivity index (χ2n) is 15.3. The van der Waals surface area contributed by atoms with Crippen LogP contribution in [-0.2, 0) is 28.6 Å². The van der Waals surface area contributed by atoms with Gasteiger partial charge in [-0.25, -0.2) is 0 Å². The molecule has 0 aliphatic carbocycles. The third-order valence-corrected chi connectivity index (χ3v) is 9.67. The Morgan fingerprint density at radius 2 is 0.724 bits per heavy atom. The van der Waals surface area contributed by atoms with Crippen molar-refractivity contribution in [2.45, 2.75) is 213 Å². The molecule has 1 atom stereocenters. The van der Waals surface area contributed by atoms with Crippen LogP contribution in [0, 0.1) is 0 Å². The minimum atomic E-state index is -0.833. The Morgan fingerprint density at radius 1 is 0.379 bits per heavy atom. The Kier molecular flexibility index (Phi) is 43.6. The van der Waals surface area contributed by atoms with Crippen LogP contribution in [0.4, 0.5) is 0 Å². The van der Waals surface area contributed by atoms with Crippen LogP contribution in [0.15, 0.2) is 85.1 Å². The molecule has 1 unspecified atom stereocenters. The number of carbonyl (C=O) groups excluding carboxylic acids is 3. The Bertz CT molecular complexity index is 1160. The van der Waals surface area contributed by atoms with Crippen LogP contribution in [0.3, 0.4) is 0 Å². The first-order valence-electron chi connectivity index (χ1n) is 23.6. The van der Waals surface area contributed by atoms with Crippen molar-refractivity contribution >= 4 is 17.9 Å². The fourth-order valence-corrected chi connectivity index (χ4v) is 6.13. The van der Waals surface area contributed by atoms with Gasteiger partial charge >= 0.3 is 17.9 Å². The van der Waals surface area contributed by atoms with Gasteiger partial charge in [-0.3, -0.25) is 14.4 Å². The van der Waals surface area contributed by atoms with Crippen LogP contribution in [0.5, 0.6) is 0 Å². The molecule has 58 heavy (non-hydrogen) atoms. The van der Waals surface area contributed by atoms with Gasteiger partial charge in [0.25, 0.3) is 0 Å². The Hall–Kier alpha value is -3.41. The first kappa shape index (κ1) is 54.6. The maximum absolute atomic E-state index is 12.7. The monoisotopic (exact) mass is 807 g/mol. The van der Waals surface area contributed by atoms with Crippen molar-refractivity contribution < 1.29 is 28.6 Å². The van der Waals surface area contributed by atoms with E-state index in [1.54, 1.807) is 6.08 Å². The zero-order valence-corrected chi connectivity index (χ0v) is 37.5. The molecule has 0 aromatic rings. The van der Waals surface area contributed by atoms with Gasteiger partial charge in [0.2, 0.25) is 0 Å². The number of carbonyl (C=O) groups is 3. The highest BCUT2D eigenvalue weighted by Gasteiger charge is 2.19. The molecule has 6 nitrogen and oxygen atoms in total. The van der Waals surface area contributed by atoms with Gasteiger partial charge < -0.3 is 14.2 Å². The third-order valence-electron chi connectivity index (χ3n) is 9.67. The average Bonchev–Trinajstić information content (AvgIpc) is 3.22. The van der Waals surface area contributed by atoms with E-state index in [-0.39, 0.29) is 31.6 Å². The maximum atomic E-state index is 12.7.